The van der Waals surface area contributed by atoms with E-state index in [1.165, 1.54) is 16.2 Å². The summed E-state index contributed by atoms with van der Waals surface area (Å²) >= 11 is 1.18. The zero-order valence-electron chi connectivity index (χ0n) is 21.1. The second-order valence-corrected chi connectivity index (χ2v) is 9.63. The van der Waals surface area contributed by atoms with Gasteiger partial charge in [0.1, 0.15) is 10.9 Å². The third-order valence-corrected chi connectivity index (χ3v) is 7.09. The monoisotopic (exact) mass is 527 g/mol. The van der Waals surface area contributed by atoms with Crippen molar-refractivity contribution in [3.63, 3.8) is 0 Å². The molecule has 4 atom stereocenters. The van der Waals surface area contributed by atoms with Crippen LogP contribution in [-0.4, -0.2) is 71.3 Å². The maximum absolute atomic E-state index is 13.1. The minimum absolute atomic E-state index is 0.327. The van der Waals surface area contributed by atoms with E-state index < -0.39 is 36.1 Å². The van der Waals surface area contributed by atoms with Crippen molar-refractivity contribution in [2.24, 2.45) is 0 Å². The summed E-state index contributed by atoms with van der Waals surface area (Å²) in [6.45, 7) is 2.81. The van der Waals surface area contributed by atoms with Crippen LogP contribution < -0.4 is 21.3 Å². The molecular formula is C25H33N7O4S. The highest BCUT2D eigenvalue weighted by Gasteiger charge is 2.40. The molecule has 2 aromatic rings. The summed E-state index contributed by atoms with van der Waals surface area (Å²) in [7, 11) is 3.55. The molecule has 1 saturated heterocycles. The number of nitrogens with zero attached hydrogens (tertiary/aromatic N) is 3. The van der Waals surface area contributed by atoms with Crippen LogP contribution in [0.1, 0.15) is 48.0 Å². The molecule has 2 amide bonds. The zero-order valence-corrected chi connectivity index (χ0v) is 21.9. The Morgan fingerprint density at radius 2 is 2.00 bits per heavy atom. The molecule has 1 aromatic heterocycles. The van der Waals surface area contributed by atoms with Gasteiger partial charge in [0, 0.05) is 25.8 Å². The van der Waals surface area contributed by atoms with E-state index in [2.05, 4.69) is 32.3 Å². The fourth-order valence-electron chi connectivity index (χ4n) is 4.09. The molecule has 0 unspecified atom stereocenters. The number of likely N-dealkylation sites (N-methyl/N-ethyl adjacent to an activating group) is 1. The van der Waals surface area contributed by atoms with Crippen LogP contribution in [0.3, 0.4) is 0 Å². The van der Waals surface area contributed by atoms with E-state index in [0.29, 0.717) is 35.1 Å². The summed E-state index contributed by atoms with van der Waals surface area (Å²) in [5, 5.41) is 42.8. The van der Waals surface area contributed by atoms with E-state index in [0.717, 1.165) is 17.8 Å². The van der Waals surface area contributed by atoms with E-state index >= 15 is 0 Å². The van der Waals surface area contributed by atoms with Crippen LogP contribution in [0.4, 0.5) is 10.8 Å². The Bertz CT molecular complexity index is 1140. The second kappa shape index (κ2) is 13.2. The lowest BCUT2D eigenvalue weighted by Gasteiger charge is -2.28. The van der Waals surface area contributed by atoms with Crippen LogP contribution >= 0.6 is 11.3 Å². The fraction of sp³-hybridized carbons (Fsp3) is 0.440. The molecule has 0 spiro atoms. The first kappa shape index (κ1) is 28.1. The molecule has 0 aliphatic carbocycles. The number of amides is 2. The molecular weight excluding hydrogens is 494 g/mol. The van der Waals surface area contributed by atoms with Crippen LogP contribution in [0.15, 0.2) is 36.5 Å². The van der Waals surface area contributed by atoms with Crippen LogP contribution in [-0.2, 0) is 9.59 Å². The molecule has 6 N–H and O–H groups in total. The van der Waals surface area contributed by atoms with Crippen LogP contribution in [0.25, 0.3) is 0 Å². The van der Waals surface area contributed by atoms with Crippen molar-refractivity contribution >= 4 is 34.0 Å². The topological polar surface area (TPSA) is 163 Å². The first-order chi connectivity index (χ1) is 17.8. The lowest BCUT2D eigenvalue weighted by molar-refractivity contribution is -0.154. The number of hydrogen-bond donors (Lipinski definition) is 6. The number of anilines is 2. The molecule has 2 heterocycles. The van der Waals surface area contributed by atoms with Gasteiger partial charge in [-0.1, -0.05) is 29.5 Å². The number of benzene rings is 1. The zero-order chi connectivity index (χ0) is 26.9. The molecule has 0 saturated carbocycles. The number of aromatic nitrogens is 1. The van der Waals surface area contributed by atoms with Crippen molar-refractivity contribution in [2.75, 3.05) is 37.8 Å². The van der Waals surface area contributed by atoms with Gasteiger partial charge in [0.2, 0.25) is 0 Å². The van der Waals surface area contributed by atoms with Crippen molar-refractivity contribution in [1.82, 2.24) is 20.5 Å². The molecule has 0 radical (unpaired) electrons. The number of aliphatic hydroxyl groups is 2. The Hall–Kier alpha value is -3.50. The molecule has 0 bridgehead atoms. The van der Waals surface area contributed by atoms with Crippen molar-refractivity contribution in [2.45, 2.75) is 44.1 Å². The highest BCUT2D eigenvalue weighted by Crippen LogP contribution is 2.37. The lowest BCUT2D eigenvalue weighted by Crippen LogP contribution is -2.51. The molecule has 1 fully saturated rings. The normalized spacial score (nSPS) is 17.7. The minimum atomic E-state index is -1.95. The van der Waals surface area contributed by atoms with Gasteiger partial charge in [-0.05, 0) is 50.7 Å². The molecule has 3 rings (SSSR count). The summed E-state index contributed by atoms with van der Waals surface area (Å²) in [4.78, 5) is 31.9. The molecule has 1 aliphatic rings. The van der Waals surface area contributed by atoms with Crippen molar-refractivity contribution < 1.29 is 19.8 Å². The third kappa shape index (κ3) is 6.84. The Kier molecular flexibility index (Phi) is 9.99. The summed E-state index contributed by atoms with van der Waals surface area (Å²) in [5.41, 5.74) is 2.12. The second-order valence-electron chi connectivity index (χ2n) is 8.63. The van der Waals surface area contributed by atoms with Gasteiger partial charge in [0.05, 0.1) is 17.8 Å². The van der Waals surface area contributed by atoms with E-state index in [9.17, 15) is 25.1 Å². The number of nitriles is 1. The maximum atomic E-state index is 13.1. The standard InChI is InChI=1S/C25H33N7O4S/c1-15(16-7-9-17(10-8-16)29-12-5-11-27-2)30-23(35)21(33)22(34)24(36)32-13-4-6-18(32)20-19(14-26)37-25(28-3)31-20/h5,7-10,12,15,18,21-22,27,29,33-34H,4,6,11,13H2,1-3H3,(H,28,31)(H,30,35)/b12-5-/t15-,18-,21-,22-/m1/s1. The summed E-state index contributed by atoms with van der Waals surface area (Å²) in [6.07, 6.45) is 1.08. The Balaban J connectivity index is 1.61. The predicted molar refractivity (Wildman–Crippen MR) is 142 cm³/mol. The first-order valence-electron chi connectivity index (χ1n) is 12.0. The van der Waals surface area contributed by atoms with Crippen molar-refractivity contribution in [1.29, 1.82) is 5.26 Å². The maximum Gasteiger partial charge on any atom is 0.255 e. The summed E-state index contributed by atoms with van der Waals surface area (Å²) in [6, 6.07) is 8.52. The van der Waals surface area contributed by atoms with E-state index in [-0.39, 0.29) is 0 Å². The average molecular weight is 528 g/mol. The largest absolute Gasteiger partial charge is 0.380 e. The third-order valence-electron chi connectivity index (χ3n) is 6.10. The molecule has 11 nitrogen and oxygen atoms in total. The predicted octanol–water partition coefficient (Wildman–Crippen LogP) is 1.46. The summed E-state index contributed by atoms with van der Waals surface area (Å²) < 4.78 is 0. The SMILES string of the molecule is CNC/C=C\Nc1ccc([C@@H](C)NC(=O)[C@H](O)[C@@H](O)C(=O)N2CCC[C@@H]2c2nc(NC)sc2C#N)cc1. The van der Waals surface area contributed by atoms with Gasteiger partial charge >= 0.3 is 0 Å². The Morgan fingerprint density at radius 3 is 2.65 bits per heavy atom. The highest BCUT2D eigenvalue weighted by atomic mass is 32.1. The van der Waals surface area contributed by atoms with Gasteiger partial charge in [0.25, 0.3) is 11.8 Å². The van der Waals surface area contributed by atoms with Crippen LogP contribution in [0.5, 0.6) is 0 Å². The highest BCUT2D eigenvalue weighted by molar-refractivity contribution is 7.16. The number of carbonyl (C=O) groups excluding carboxylic acids is 2. The van der Waals surface area contributed by atoms with Gasteiger partial charge < -0.3 is 36.4 Å². The molecule has 37 heavy (non-hydrogen) atoms. The van der Waals surface area contributed by atoms with E-state index in [4.69, 9.17) is 0 Å². The molecule has 12 heteroatoms. The van der Waals surface area contributed by atoms with E-state index in [1.807, 2.05) is 43.6 Å². The molecule has 198 valence electrons. The van der Waals surface area contributed by atoms with Crippen molar-refractivity contribution in [3.8, 4) is 6.07 Å². The van der Waals surface area contributed by atoms with Gasteiger partial charge in [-0.2, -0.15) is 5.26 Å². The Labute approximate surface area is 220 Å². The number of rotatable bonds is 11. The van der Waals surface area contributed by atoms with E-state index in [1.54, 1.807) is 14.0 Å². The Morgan fingerprint density at radius 1 is 1.27 bits per heavy atom. The number of aliphatic hydroxyl groups excluding tert-OH is 2. The smallest absolute Gasteiger partial charge is 0.255 e. The van der Waals surface area contributed by atoms with Gasteiger partial charge in [-0.15, -0.1) is 0 Å². The number of thiazole rings is 1. The quantitative estimate of drug-likeness (QED) is 0.254. The van der Waals surface area contributed by atoms with Crippen LogP contribution in [0, 0.1) is 11.3 Å². The summed E-state index contributed by atoms with van der Waals surface area (Å²) in [5.74, 6) is -1.63. The number of nitrogens with one attached hydrogen (secondary N) is 4. The minimum Gasteiger partial charge on any atom is -0.380 e. The molecule has 1 aromatic carbocycles. The lowest BCUT2D eigenvalue weighted by atomic mass is 10.1. The van der Waals surface area contributed by atoms with Crippen molar-refractivity contribution in [3.05, 3.63) is 52.7 Å². The van der Waals surface area contributed by atoms with Crippen LogP contribution in [0.2, 0.25) is 0 Å². The number of carbonyl (C=O) groups is 2. The number of hydrogen-bond acceptors (Lipinski definition) is 10. The number of likely N-dealkylation sites (tertiary alicyclic amines) is 1. The van der Waals surface area contributed by atoms with Gasteiger partial charge in [-0.25, -0.2) is 4.98 Å². The first-order valence-corrected chi connectivity index (χ1v) is 12.8. The average Bonchev–Trinajstić information content (AvgIpc) is 3.56. The van der Waals surface area contributed by atoms with Gasteiger partial charge in [0.15, 0.2) is 17.3 Å². The van der Waals surface area contributed by atoms with Gasteiger partial charge in [-0.3, -0.25) is 9.59 Å². The molecule has 1 aliphatic heterocycles. The fourth-order valence-corrected chi connectivity index (χ4v) is 4.86.